The fraction of sp³-hybridized carbons (Fsp3) is 0.375. The summed E-state index contributed by atoms with van der Waals surface area (Å²) in [6.07, 6.45) is -0.463. The lowest BCUT2D eigenvalue weighted by atomic mass is 10.0. The number of aliphatic hydroxyl groups is 1. The zero-order valence-electron chi connectivity index (χ0n) is 12.2. The van der Waals surface area contributed by atoms with Crippen LogP contribution in [-0.2, 0) is 11.3 Å². The van der Waals surface area contributed by atoms with Crippen LogP contribution in [0.15, 0.2) is 35.7 Å². The smallest absolute Gasteiger partial charge is 0.222 e. The molecule has 1 atom stereocenters. The molecule has 2 rings (SSSR count). The Hall–Kier alpha value is -1.72. The Morgan fingerprint density at radius 2 is 2.05 bits per heavy atom. The molecule has 1 aromatic heterocycles. The lowest BCUT2D eigenvalue weighted by Crippen LogP contribution is -2.29. The number of nitrogens with zero attached hydrogens (tertiary/aromatic N) is 1. The summed E-state index contributed by atoms with van der Waals surface area (Å²) in [5.41, 5.74) is 1.99. The standard InChI is InChI=1S/C16H20N2O2S/c1-11(2)14(19)8-15(20)17-9-16-18-13(10-21-16)12-6-4-3-5-7-12/h3-7,10-11,14,19H,8-9H2,1-2H3,(H,17,20). The Balaban J connectivity index is 1.87. The van der Waals surface area contributed by atoms with Gasteiger partial charge in [-0.2, -0.15) is 0 Å². The van der Waals surface area contributed by atoms with Gasteiger partial charge in [0, 0.05) is 10.9 Å². The summed E-state index contributed by atoms with van der Waals surface area (Å²) >= 11 is 1.52. The normalized spacial score (nSPS) is 12.4. The summed E-state index contributed by atoms with van der Waals surface area (Å²) in [6.45, 7) is 4.19. The minimum Gasteiger partial charge on any atom is -0.392 e. The minimum atomic E-state index is -0.596. The Labute approximate surface area is 128 Å². The van der Waals surface area contributed by atoms with Crippen LogP contribution in [-0.4, -0.2) is 22.1 Å². The van der Waals surface area contributed by atoms with Gasteiger partial charge in [-0.05, 0) is 5.92 Å². The van der Waals surface area contributed by atoms with Gasteiger partial charge in [0.25, 0.3) is 0 Å². The van der Waals surface area contributed by atoms with Crippen molar-refractivity contribution in [2.75, 3.05) is 0 Å². The van der Waals surface area contributed by atoms with Crippen LogP contribution in [0.25, 0.3) is 11.3 Å². The monoisotopic (exact) mass is 304 g/mol. The molecular weight excluding hydrogens is 284 g/mol. The van der Waals surface area contributed by atoms with E-state index in [1.165, 1.54) is 11.3 Å². The topological polar surface area (TPSA) is 62.2 Å². The molecule has 0 spiro atoms. The van der Waals surface area contributed by atoms with E-state index >= 15 is 0 Å². The van der Waals surface area contributed by atoms with Crippen molar-refractivity contribution in [1.29, 1.82) is 0 Å². The first-order valence-electron chi connectivity index (χ1n) is 7.01. The second kappa shape index (κ2) is 7.33. The predicted octanol–water partition coefficient (Wildman–Crippen LogP) is 2.83. The second-order valence-electron chi connectivity index (χ2n) is 5.28. The highest BCUT2D eigenvalue weighted by molar-refractivity contribution is 7.09. The predicted molar refractivity (Wildman–Crippen MR) is 84.9 cm³/mol. The number of carbonyl (C=O) groups excluding carboxylic acids is 1. The van der Waals surface area contributed by atoms with Crippen LogP contribution in [0.4, 0.5) is 0 Å². The van der Waals surface area contributed by atoms with Gasteiger partial charge in [0.05, 0.1) is 24.8 Å². The van der Waals surface area contributed by atoms with Gasteiger partial charge in [-0.3, -0.25) is 4.79 Å². The lowest BCUT2D eigenvalue weighted by Gasteiger charge is -2.13. The molecule has 0 saturated heterocycles. The number of benzene rings is 1. The van der Waals surface area contributed by atoms with Crippen LogP contribution in [0, 0.1) is 5.92 Å². The Bertz CT molecular complexity index is 581. The van der Waals surface area contributed by atoms with Gasteiger partial charge < -0.3 is 10.4 Å². The molecular formula is C16H20N2O2S. The first kappa shape index (κ1) is 15.7. The van der Waals surface area contributed by atoms with Crippen molar-refractivity contribution < 1.29 is 9.90 Å². The summed E-state index contributed by atoms with van der Waals surface area (Å²) in [7, 11) is 0. The number of aliphatic hydroxyl groups excluding tert-OH is 1. The van der Waals surface area contributed by atoms with Crippen LogP contribution < -0.4 is 5.32 Å². The molecule has 2 N–H and O–H groups in total. The van der Waals surface area contributed by atoms with Crippen LogP contribution in [0.1, 0.15) is 25.3 Å². The van der Waals surface area contributed by atoms with E-state index in [0.717, 1.165) is 16.3 Å². The summed E-state index contributed by atoms with van der Waals surface area (Å²) in [4.78, 5) is 16.2. The van der Waals surface area contributed by atoms with E-state index in [9.17, 15) is 9.90 Å². The maximum Gasteiger partial charge on any atom is 0.222 e. The largest absolute Gasteiger partial charge is 0.392 e. The third-order valence-electron chi connectivity index (χ3n) is 3.22. The van der Waals surface area contributed by atoms with Crippen molar-refractivity contribution in [1.82, 2.24) is 10.3 Å². The molecule has 4 nitrogen and oxygen atoms in total. The van der Waals surface area contributed by atoms with Gasteiger partial charge in [0.15, 0.2) is 0 Å². The van der Waals surface area contributed by atoms with Gasteiger partial charge in [-0.1, -0.05) is 44.2 Å². The molecule has 0 aliphatic rings. The third kappa shape index (κ3) is 4.65. The van der Waals surface area contributed by atoms with Crippen LogP contribution >= 0.6 is 11.3 Å². The molecule has 1 heterocycles. The molecule has 21 heavy (non-hydrogen) atoms. The van der Waals surface area contributed by atoms with Crippen molar-refractivity contribution in [2.45, 2.75) is 32.9 Å². The van der Waals surface area contributed by atoms with E-state index in [0.29, 0.717) is 6.54 Å². The number of aromatic nitrogens is 1. The fourth-order valence-corrected chi connectivity index (χ4v) is 2.55. The zero-order chi connectivity index (χ0) is 15.2. The lowest BCUT2D eigenvalue weighted by molar-refractivity contribution is -0.123. The Morgan fingerprint density at radius 1 is 1.33 bits per heavy atom. The minimum absolute atomic E-state index is 0.0836. The number of amides is 1. The van der Waals surface area contributed by atoms with E-state index in [2.05, 4.69) is 10.3 Å². The van der Waals surface area contributed by atoms with E-state index in [1.54, 1.807) is 0 Å². The highest BCUT2D eigenvalue weighted by Crippen LogP contribution is 2.21. The van der Waals surface area contributed by atoms with Gasteiger partial charge in [-0.25, -0.2) is 4.98 Å². The van der Waals surface area contributed by atoms with E-state index in [-0.39, 0.29) is 18.2 Å². The van der Waals surface area contributed by atoms with Gasteiger partial charge in [-0.15, -0.1) is 11.3 Å². The highest BCUT2D eigenvalue weighted by atomic mass is 32.1. The molecule has 0 aliphatic heterocycles. The number of hydrogen-bond donors (Lipinski definition) is 2. The maximum atomic E-state index is 11.7. The molecule has 112 valence electrons. The molecule has 0 radical (unpaired) electrons. The maximum absolute atomic E-state index is 11.7. The molecule has 1 aromatic carbocycles. The average Bonchev–Trinajstić information content (AvgIpc) is 2.95. The fourth-order valence-electron chi connectivity index (χ4n) is 1.81. The van der Waals surface area contributed by atoms with Gasteiger partial charge in [0.2, 0.25) is 5.91 Å². The van der Waals surface area contributed by atoms with Crippen molar-refractivity contribution >= 4 is 17.2 Å². The SMILES string of the molecule is CC(C)C(O)CC(=O)NCc1nc(-c2ccccc2)cs1. The third-order valence-corrected chi connectivity index (χ3v) is 4.07. The Morgan fingerprint density at radius 3 is 2.71 bits per heavy atom. The number of rotatable bonds is 6. The zero-order valence-corrected chi connectivity index (χ0v) is 13.1. The van der Waals surface area contributed by atoms with Crippen LogP contribution in [0.2, 0.25) is 0 Å². The van der Waals surface area contributed by atoms with Gasteiger partial charge >= 0.3 is 0 Å². The van der Waals surface area contributed by atoms with Gasteiger partial charge in [0.1, 0.15) is 5.01 Å². The first-order valence-corrected chi connectivity index (χ1v) is 7.89. The van der Waals surface area contributed by atoms with Crippen molar-refractivity contribution in [3.8, 4) is 11.3 Å². The van der Waals surface area contributed by atoms with Crippen molar-refractivity contribution in [3.05, 3.63) is 40.7 Å². The van der Waals surface area contributed by atoms with E-state index in [1.807, 2.05) is 49.6 Å². The average molecular weight is 304 g/mol. The number of carbonyl (C=O) groups is 1. The summed E-state index contributed by atoms with van der Waals surface area (Å²) in [5, 5.41) is 15.3. The van der Waals surface area contributed by atoms with E-state index < -0.39 is 6.10 Å². The first-order chi connectivity index (χ1) is 10.1. The molecule has 5 heteroatoms. The number of nitrogens with one attached hydrogen (secondary N) is 1. The van der Waals surface area contributed by atoms with Crippen molar-refractivity contribution in [2.24, 2.45) is 5.92 Å². The molecule has 2 aromatic rings. The summed E-state index contributed by atoms with van der Waals surface area (Å²) < 4.78 is 0. The highest BCUT2D eigenvalue weighted by Gasteiger charge is 2.14. The van der Waals surface area contributed by atoms with Crippen LogP contribution in [0.3, 0.4) is 0 Å². The van der Waals surface area contributed by atoms with E-state index in [4.69, 9.17) is 0 Å². The van der Waals surface area contributed by atoms with Crippen molar-refractivity contribution in [3.63, 3.8) is 0 Å². The van der Waals surface area contributed by atoms with Crippen LogP contribution in [0.5, 0.6) is 0 Å². The second-order valence-corrected chi connectivity index (χ2v) is 6.23. The summed E-state index contributed by atoms with van der Waals surface area (Å²) in [5.74, 6) is -0.0621. The molecule has 0 fully saturated rings. The Kier molecular flexibility index (Phi) is 5.47. The quantitative estimate of drug-likeness (QED) is 0.862. The number of thiazole rings is 1. The molecule has 1 unspecified atom stereocenters. The number of hydrogen-bond acceptors (Lipinski definition) is 4. The summed E-state index contributed by atoms with van der Waals surface area (Å²) in [6, 6.07) is 9.94. The molecule has 0 bridgehead atoms. The molecule has 1 amide bonds. The molecule has 0 saturated carbocycles. The molecule has 0 aliphatic carbocycles.